The van der Waals surface area contributed by atoms with Crippen molar-refractivity contribution in [1.82, 2.24) is 5.32 Å². The molecule has 1 unspecified atom stereocenters. The van der Waals surface area contributed by atoms with Gasteiger partial charge >= 0.3 is 5.97 Å². The molecule has 0 radical (unpaired) electrons. The molecule has 1 aliphatic rings. The van der Waals surface area contributed by atoms with Gasteiger partial charge in [0, 0.05) is 6.42 Å². The van der Waals surface area contributed by atoms with Gasteiger partial charge in [-0.25, -0.2) is 4.79 Å². The SMILES string of the molecule is CCC(=O)C(Cc1ccccc1)NC(=O)/C(=C1/OC(=O)C(c2ccccc2)=C1O)c1ccccc1. The Hall–Kier alpha value is -4.45. The Morgan fingerprint density at radius 3 is 2.06 bits per heavy atom. The van der Waals surface area contributed by atoms with Gasteiger partial charge in [-0.1, -0.05) is 97.9 Å². The number of ketones is 1. The molecule has 0 saturated carbocycles. The Labute approximate surface area is 203 Å². The number of Topliss-reactive ketones (excluding diaryl/α,β-unsaturated/α-hetero) is 1. The zero-order valence-electron chi connectivity index (χ0n) is 19.2. The Morgan fingerprint density at radius 2 is 1.46 bits per heavy atom. The van der Waals surface area contributed by atoms with Crippen LogP contribution in [0.15, 0.2) is 103 Å². The molecule has 0 bridgehead atoms. The highest BCUT2D eigenvalue weighted by atomic mass is 16.6. The van der Waals surface area contributed by atoms with E-state index in [-0.39, 0.29) is 29.1 Å². The third kappa shape index (κ3) is 5.22. The molecule has 176 valence electrons. The van der Waals surface area contributed by atoms with Crippen LogP contribution in [0.3, 0.4) is 0 Å². The van der Waals surface area contributed by atoms with E-state index in [0.29, 0.717) is 17.5 Å². The van der Waals surface area contributed by atoms with Crippen molar-refractivity contribution < 1.29 is 24.2 Å². The fourth-order valence-electron chi connectivity index (χ4n) is 3.97. The summed E-state index contributed by atoms with van der Waals surface area (Å²) in [4.78, 5) is 39.0. The van der Waals surface area contributed by atoms with Crippen molar-refractivity contribution in [2.75, 3.05) is 0 Å². The van der Waals surface area contributed by atoms with Gasteiger partial charge in [-0.3, -0.25) is 9.59 Å². The van der Waals surface area contributed by atoms with E-state index < -0.39 is 23.7 Å². The number of ether oxygens (including phenoxy) is 1. The maximum absolute atomic E-state index is 13.6. The van der Waals surface area contributed by atoms with E-state index >= 15 is 0 Å². The van der Waals surface area contributed by atoms with Gasteiger partial charge < -0.3 is 15.2 Å². The van der Waals surface area contributed by atoms with Crippen LogP contribution in [0.4, 0.5) is 0 Å². The number of aliphatic hydroxyl groups excluding tert-OH is 1. The number of cyclic esters (lactones) is 1. The van der Waals surface area contributed by atoms with Crippen molar-refractivity contribution in [2.45, 2.75) is 25.8 Å². The van der Waals surface area contributed by atoms with E-state index in [0.717, 1.165) is 5.56 Å². The molecule has 0 aliphatic carbocycles. The van der Waals surface area contributed by atoms with Gasteiger partial charge in [-0.05, 0) is 23.1 Å². The first-order chi connectivity index (χ1) is 17.0. The predicted octanol–water partition coefficient (Wildman–Crippen LogP) is 4.63. The van der Waals surface area contributed by atoms with E-state index in [9.17, 15) is 19.5 Å². The molecule has 3 aromatic rings. The zero-order chi connectivity index (χ0) is 24.8. The van der Waals surface area contributed by atoms with E-state index in [1.165, 1.54) is 0 Å². The summed E-state index contributed by atoms with van der Waals surface area (Å²) in [5.41, 5.74) is 1.77. The fourth-order valence-corrected chi connectivity index (χ4v) is 3.97. The lowest BCUT2D eigenvalue weighted by atomic mass is 9.98. The number of rotatable bonds is 8. The highest BCUT2D eigenvalue weighted by molar-refractivity contribution is 6.26. The van der Waals surface area contributed by atoms with Crippen molar-refractivity contribution in [2.24, 2.45) is 0 Å². The maximum Gasteiger partial charge on any atom is 0.348 e. The maximum atomic E-state index is 13.6. The Kier molecular flexibility index (Phi) is 7.21. The third-order valence-corrected chi connectivity index (χ3v) is 5.75. The van der Waals surface area contributed by atoms with Crippen LogP contribution < -0.4 is 5.32 Å². The Morgan fingerprint density at radius 1 is 0.886 bits per heavy atom. The lowest BCUT2D eigenvalue weighted by Crippen LogP contribution is -2.42. The van der Waals surface area contributed by atoms with E-state index in [2.05, 4.69) is 5.32 Å². The summed E-state index contributed by atoms with van der Waals surface area (Å²) in [7, 11) is 0. The van der Waals surface area contributed by atoms with Crippen LogP contribution in [0.1, 0.15) is 30.0 Å². The van der Waals surface area contributed by atoms with Gasteiger partial charge in [0.15, 0.2) is 17.3 Å². The Bertz CT molecular complexity index is 1290. The lowest BCUT2D eigenvalue weighted by Gasteiger charge is -2.19. The molecule has 2 N–H and O–H groups in total. The summed E-state index contributed by atoms with van der Waals surface area (Å²) in [5, 5.41) is 13.8. The van der Waals surface area contributed by atoms with Crippen LogP contribution in [-0.4, -0.2) is 28.8 Å². The first-order valence-electron chi connectivity index (χ1n) is 11.4. The number of amides is 1. The monoisotopic (exact) mass is 467 g/mol. The molecule has 0 aromatic heterocycles. The molecule has 1 atom stereocenters. The molecule has 3 aromatic carbocycles. The number of hydrogen-bond donors (Lipinski definition) is 2. The van der Waals surface area contributed by atoms with Gasteiger partial charge in [0.05, 0.1) is 11.6 Å². The van der Waals surface area contributed by atoms with Gasteiger partial charge in [-0.15, -0.1) is 0 Å². The highest BCUT2D eigenvalue weighted by Gasteiger charge is 2.36. The number of carbonyl (C=O) groups excluding carboxylic acids is 3. The summed E-state index contributed by atoms with van der Waals surface area (Å²) in [5.74, 6) is -2.16. The summed E-state index contributed by atoms with van der Waals surface area (Å²) in [6.45, 7) is 1.74. The molecular formula is C29H25NO5. The van der Waals surface area contributed by atoms with Gasteiger partial charge in [0.25, 0.3) is 5.91 Å². The minimum Gasteiger partial charge on any atom is -0.504 e. The lowest BCUT2D eigenvalue weighted by molar-refractivity contribution is -0.131. The molecule has 4 rings (SSSR count). The molecule has 35 heavy (non-hydrogen) atoms. The minimum absolute atomic E-state index is 0.0210. The first-order valence-corrected chi connectivity index (χ1v) is 11.4. The average Bonchev–Trinajstić information content (AvgIpc) is 3.18. The van der Waals surface area contributed by atoms with Crippen molar-refractivity contribution >= 4 is 28.8 Å². The third-order valence-electron chi connectivity index (χ3n) is 5.75. The number of aliphatic hydroxyl groups is 1. The summed E-state index contributed by atoms with van der Waals surface area (Å²) >= 11 is 0. The molecule has 1 aliphatic heterocycles. The topological polar surface area (TPSA) is 92.7 Å². The predicted molar refractivity (Wildman–Crippen MR) is 133 cm³/mol. The van der Waals surface area contributed by atoms with Crippen LogP contribution in [0.25, 0.3) is 11.1 Å². The van der Waals surface area contributed by atoms with Crippen LogP contribution in [-0.2, 0) is 25.5 Å². The van der Waals surface area contributed by atoms with Crippen molar-refractivity contribution in [3.05, 3.63) is 119 Å². The zero-order valence-corrected chi connectivity index (χ0v) is 19.2. The summed E-state index contributed by atoms with van der Waals surface area (Å²) < 4.78 is 5.44. The largest absolute Gasteiger partial charge is 0.504 e. The Balaban J connectivity index is 1.76. The van der Waals surface area contributed by atoms with Crippen molar-refractivity contribution in [3.8, 4) is 0 Å². The summed E-state index contributed by atoms with van der Waals surface area (Å²) in [6.07, 6.45) is 0.556. The van der Waals surface area contributed by atoms with Gasteiger partial charge in [0.1, 0.15) is 5.57 Å². The molecule has 0 spiro atoms. The normalized spacial score (nSPS) is 15.4. The van der Waals surface area contributed by atoms with E-state index in [1.54, 1.807) is 67.6 Å². The smallest absolute Gasteiger partial charge is 0.348 e. The standard InChI is InChI=1S/C29H25NO5/c1-2-23(31)22(18-19-12-6-3-7-13-19)30-28(33)25(21-16-10-5-11-17-21)27-26(32)24(29(34)35-27)20-14-8-4-9-15-20/h3-17,22,32H,2,18H2,1H3,(H,30,33)/b27-25+. The molecule has 0 saturated heterocycles. The van der Waals surface area contributed by atoms with Crippen molar-refractivity contribution in [1.29, 1.82) is 0 Å². The molecule has 0 fully saturated rings. The number of esters is 1. The van der Waals surface area contributed by atoms with Crippen molar-refractivity contribution in [3.63, 3.8) is 0 Å². The fraction of sp³-hybridized carbons (Fsp3) is 0.138. The van der Waals surface area contributed by atoms with Gasteiger partial charge in [0.2, 0.25) is 0 Å². The number of benzene rings is 3. The van der Waals surface area contributed by atoms with Crippen LogP contribution in [0, 0.1) is 0 Å². The second-order valence-electron chi connectivity index (χ2n) is 8.08. The highest BCUT2D eigenvalue weighted by Crippen LogP contribution is 2.36. The number of hydrogen-bond acceptors (Lipinski definition) is 5. The quantitative estimate of drug-likeness (QED) is 0.372. The molecule has 1 amide bonds. The molecule has 1 heterocycles. The minimum atomic E-state index is -0.786. The summed E-state index contributed by atoms with van der Waals surface area (Å²) in [6, 6.07) is 25.8. The number of nitrogens with one attached hydrogen (secondary N) is 1. The van der Waals surface area contributed by atoms with E-state index in [4.69, 9.17) is 4.74 Å². The second kappa shape index (κ2) is 10.7. The van der Waals surface area contributed by atoms with Crippen LogP contribution in [0.5, 0.6) is 0 Å². The first kappa shape index (κ1) is 23.7. The van der Waals surface area contributed by atoms with Gasteiger partial charge in [-0.2, -0.15) is 0 Å². The number of carbonyl (C=O) groups is 3. The second-order valence-corrected chi connectivity index (χ2v) is 8.08. The average molecular weight is 468 g/mol. The van der Waals surface area contributed by atoms with Crippen LogP contribution >= 0.6 is 0 Å². The molecule has 6 heteroatoms. The van der Waals surface area contributed by atoms with Crippen LogP contribution in [0.2, 0.25) is 0 Å². The molecule has 6 nitrogen and oxygen atoms in total. The molecular weight excluding hydrogens is 442 g/mol. The van der Waals surface area contributed by atoms with E-state index in [1.807, 2.05) is 30.3 Å².